The molecule has 2 aromatic rings. The van der Waals surface area contributed by atoms with Gasteiger partial charge >= 0.3 is 18.0 Å². The summed E-state index contributed by atoms with van der Waals surface area (Å²) in [5.74, 6) is -3.54. The number of rotatable bonds is 9. The monoisotopic (exact) mass is 521 g/mol. The van der Waals surface area contributed by atoms with Gasteiger partial charge in [0.15, 0.2) is 5.41 Å². The van der Waals surface area contributed by atoms with Gasteiger partial charge in [0, 0.05) is 31.4 Å². The van der Waals surface area contributed by atoms with E-state index in [9.17, 15) is 29.4 Å². The number of fused-ring (bicyclic) bond motifs is 1. The number of anilines is 1. The number of likely N-dealkylation sites (tertiary alicyclic amines) is 1. The first-order chi connectivity index (χ1) is 18.2. The number of para-hydroxylation sites is 1. The lowest BCUT2D eigenvalue weighted by molar-refractivity contribution is -0.168. The van der Waals surface area contributed by atoms with E-state index in [-0.39, 0.29) is 18.5 Å². The minimum Gasteiger partial charge on any atom is -0.480 e. The zero-order valence-electron chi connectivity index (χ0n) is 21.9. The molecular formula is C29H35N3O6. The van der Waals surface area contributed by atoms with Crippen molar-refractivity contribution >= 4 is 29.6 Å². The van der Waals surface area contributed by atoms with Crippen LogP contribution in [0.15, 0.2) is 42.5 Å². The maximum Gasteiger partial charge on any atom is 0.322 e. The minimum atomic E-state index is -2.26. The molecular weight excluding hydrogens is 486 g/mol. The molecule has 0 atom stereocenters. The molecule has 0 spiro atoms. The number of piperidine rings is 1. The van der Waals surface area contributed by atoms with Gasteiger partial charge in [0.1, 0.15) is 0 Å². The molecule has 0 bridgehead atoms. The van der Waals surface area contributed by atoms with Gasteiger partial charge in [0.05, 0.1) is 6.42 Å². The summed E-state index contributed by atoms with van der Waals surface area (Å²) in [7, 11) is 0. The standard InChI is InChI=1S/C29H35N3O6/c1-3-20-10-9-19(15-21(20)4-2)16-29(26(34)35,27(36)37)17-25(33)31-13-11-23(12-14-31)32-18-22-7-5-6-8-24(22)30-28(32)38/h5-10,15,23H,3-4,11-14,16-18H2,1-2H3,(H,30,38)(H,34,35)(H,36,37). The second kappa shape index (κ2) is 11.2. The average molecular weight is 522 g/mol. The van der Waals surface area contributed by atoms with Crippen molar-refractivity contribution in [1.82, 2.24) is 9.80 Å². The Kier molecular flexibility index (Phi) is 8.04. The van der Waals surface area contributed by atoms with Crippen LogP contribution in [-0.4, -0.2) is 63.0 Å². The Hall–Kier alpha value is -3.88. The molecule has 38 heavy (non-hydrogen) atoms. The summed E-state index contributed by atoms with van der Waals surface area (Å²) in [4.78, 5) is 53.9. The van der Waals surface area contributed by atoms with Crippen molar-refractivity contribution in [3.63, 3.8) is 0 Å². The van der Waals surface area contributed by atoms with Crippen LogP contribution in [0.25, 0.3) is 0 Å². The number of aryl methyl sites for hydroxylation is 2. The van der Waals surface area contributed by atoms with E-state index in [4.69, 9.17) is 0 Å². The average Bonchev–Trinajstić information content (AvgIpc) is 2.91. The van der Waals surface area contributed by atoms with E-state index in [1.54, 1.807) is 11.0 Å². The predicted molar refractivity (Wildman–Crippen MR) is 142 cm³/mol. The van der Waals surface area contributed by atoms with E-state index in [1.165, 1.54) is 4.90 Å². The molecule has 9 heteroatoms. The van der Waals surface area contributed by atoms with E-state index < -0.39 is 29.7 Å². The molecule has 0 saturated carbocycles. The molecule has 4 rings (SSSR count). The molecule has 2 aromatic carbocycles. The number of benzene rings is 2. The highest BCUT2D eigenvalue weighted by atomic mass is 16.4. The lowest BCUT2D eigenvalue weighted by atomic mass is 9.77. The van der Waals surface area contributed by atoms with Crippen LogP contribution in [0.5, 0.6) is 0 Å². The smallest absolute Gasteiger partial charge is 0.322 e. The van der Waals surface area contributed by atoms with Gasteiger partial charge in [-0.05, 0) is 60.4 Å². The molecule has 3 amide bonds. The highest BCUT2D eigenvalue weighted by Gasteiger charge is 2.49. The van der Waals surface area contributed by atoms with Crippen molar-refractivity contribution in [3.8, 4) is 0 Å². The van der Waals surface area contributed by atoms with Gasteiger partial charge in [0.25, 0.3) is 0 Å². The third-order valence-electron chi connectivity index (χ3n) is 7.93. The summed E-state index contributed by atoms with van der Waals surface area (Å²) in [6.07, 6.45) is 1.74. The molecule has 0 aromatic heterocycles. The van der Waals surface area contributed by atoms with Crippen molar-refractivity contribution in [2.24, 2.45) is 5.41 Å². The summed E-state index contributed by atoms with van der Waals surface area (Å²) in [6.45, 7) is 5.17. The van der Waals surface area contributed by atoms with Crippen LogP contribution in [0.4, 0.5) is 10.5 Å². The van der Waals surface area contributed by atoms with Crippen LogP contribution in [0.1, 0.15) is 55.4 Å². The van der Waals surface area contributed by atoms with E-state index in [0.717, 1.165) is 35.2 Å². The van der Waals surface area contributed by atoms with Crippen LogP contribution in [0.2, 0.25) is 0 Å². The van der Waals surface area contributed by atoms with E-state index in [0.29, 0.717) is 38.0 Å². The van der Waals surface area contributed by atoms with E-state index >= 15 is 0 Å². The third-order valence-corrected chi connectivity index (χ3v) is 7.93. The molecule has 9 nitrogen and oxygen atoms in total. The number of amides is 3. The first kappa shape index (κ1) is 27.2. The van der Waals surface area contributed by atoms with Gasteiger partial charge < -0.3 is 25.3 Å². The zero-order valence-corrected chi connectivity index (χ0v) is 21.9. The highest BCUT2D eigenvalue weighted by Crippen LogP contribution is 2.32. The van der Waals surface area contributed by atoms with Crippen LogP contribution in [0, 0.1) is 5.41 Å². The number of carbonyl (C=O) groups is 4. The minimum absolute atomic E-state index is 0.0688. The van der Waals surface area contributed by atoms with Crippen molar-refractivity contribution in [2.75, 3.05) is 18.4 Å². The molecule has 1 saturated heterocycles. The third kappa shape index (κ3) is 5.37. The Labute approximate surface area is 222 Å². The zero-order chi connectivity index (χ0) is 27.4. The largest absolute Gasteiger partial charge is 0.480 e. The number of carbonyl (C=O) groups excluding carboxylic acids is 2. The summed E-state index contributed by atoms with van der Waals surface area (Å²) < 4.78 is 0. The van der Waals surface area contributed by atoms with Crippen molar-refractivity contribution in [3.05, 3.63) is 64.7 Å². The summed E-state index contributed by atoms with van der Waals surface area (Å²) in [6, 6.07) is 12.9. The van der Waals surface area contributed by atoms with Crippen LogP contribution in [0.3, 0.4) is 0 Å². The maximum absolute atomic E-state index is 13.3. The summed E-state index contributed by atoms with van der Waals surface area (Å²) >= 11 is 0. The second-order valence-corrected chi connectivity index (χ2v) is 10.2. The first-order valence-electron chi connectivity index (χ1n) is 13.2. The number of urea groups is 1. The van der Waals surface area contributed by atoms with Crippen molar-refractivity contribution < 1.29 is 29.4 Å². The number of carboxylic acid groups (broad SMARTS) is 2. The fourth-order valence-corrected chi connectivity index (χ4v) is 5.58. The van der Waals surface area contributed by atoms with Crippen molar-refractivity contribution in [1.29, 1.82) is 0 Å². The molecule has 3 N–H and O–H groups in total. The second-order valence-electron chi connectivity index (χ2n) is 10.2. The number of hydrogen-bond acceptors (Lipinski definition) is 4. The fourth-order valence-electron chi connectivity index (χ4n) is 5.58. The Bertz CT molecular complexity index is 1220. The molecule has 2 aliphatic heterocycles. The Morgan fingerprint density at radius 3 is 2.26 bits per heavy atom. The molecule has 0 unspecified atom stereocenters. The molecule has 0 aliphatic carbocycles. The molecule has 2 heterocycles. The quantitative estimate of drug-likeness (QED) is 0.429. The Balaban J connectivity index is 1.44. The van der Waals surface area contributed by atoms with Crippen molar-refractivity contribution in [2.45, 2.75) is 65.0 Å². The van der Waals surface area contributed by atoms with Crippen LogP contribution >= 0.6 is 0 Å². The summed E-state index contributed by atoms with van der Waals surface area (Å²) in [5, 5.41) is 23.0. The Morgan fingerprint density at radius 2 is 1.63 bits per heavy atom. The van der Waals surface area contributed by atoms with E-state index in [2.05, 4.69) is 5.32 Å². The van der Waals surface area contributed by atoms with Gasteiger partial charge in [-0.2, -0.15) is 0 Å². The normalized spacial score (nSPS) is 16.1. The number of carboxylic acids is 2. The number of hydrogen-bond donors (Lipinski definition) is 3. The van der Waals surface area contributed by atoms with Gasteiger partial charge in [-0.1, -0.05) is 50.2 Å². The van der Waals surface area contributed by atoms with Gasteiger partial charge in [-0.25, -0.2) is 4.79 Å². The topological polar surface area (TPSA) is 127 Å². The maximum atomic E-state index is 13.3. The summed E-state index contributed by atoms with van der Waals surface area (Å²) in [5.41, 5.74) is 2.34. The van der Waals surface area contributed by atoms with Gasteiger partial charge in [0.2, 0.25) is 5.91 Å². The highest BCUT2D eigenvalue weighted by molar-refractivity contribution is 6.02. The number of nitrogens with zero attached hydrogens (tertiary/aromatic N) is 2. The first-order valence-corrected chi connectivity index (χ1v) is 13.2. The number of aliphatic carboxylic acids is 2. The lowest BCUT2D eigenvalue weighted by Crippen LogP contribution is -2.52. The molecule has 0 radical (unpaired) electrons. The van der Waals surface area contributed by atoms with Gasteiger partial charge in [-0.3, -0.25) is 14.4 Å². The molecule has 2 aliphatic rings. The van der Waals surface area contributed by atoms with Crippen LogP contribution < -0.4 is 5.32 Å². The van der Waals surface area contributed by atoms with Crippen LogP contribution in [-0.2, 0) is 40.2 Å². The SMILES string of the molecule is CCc1ccc(CC(CC(=O)N2CCC(N3Cc4ccccc4NC3=O)CC2)(C(=O)O)C(=O)O)cc1CC. The predicted octanol–water partition coefficient (Wildman–Crippen LogP) is 3.94. The van der Waals surface area contributed by atoms with Gasteiger partial charge in [-0.15, -0.1) is 0 Å². The molecule has 1 fully saturated rings. The van der Waals surface area contributed by atoms with E-state index in [1.807, 2.05) is 50.2 Å². The fraction of sp³-hybridized carbons (Fsp3) is 0.448. The lowest BCUT2D eigenvalue weighted by Gasteiger charge is -2.41. The Morgan fingerprint density at radius 1 is 0.974 bits per heavy atom. The molecule has 202 valence electrons. The number of nitrogens with one attached hydrogen (secondary N) is 1.